The Morgan fingerprint density at radius 2 is 1.49 bits per heavy atom. The van der Waals surface area contributed by atoms with Crippen LogP contribution in [0.25, 0.3) is 0 Å². The maximum absolute atomic E-state index is 12.7. The van der Waals surface area contributed by atoms with E-state index in [0.717, 1.165) is 42.9 Å². The molecule has 1 aliphatic heterocycles. The van der Waals surface area contributed by atoms with Crippen molar-refractivity contribution in [3.63, 3.8) is 0 Å². The van der Waals surface area contributed by atoms with E-state index in [1.807, 2.05) is 0 Å². The van der Waals surface area contributed by atoms with Gasteiger partial charge in [0, 0.05) is 5.41 Å². The van der Waals surface area contributed by atoms with E-state index in [9.17, 15) is 20.1 Å². The molecule has 6 aliphatic rings. The third-order valence-electron chi connectivity index (χ3n) is 16.2. The number of ether oxygens (including phenoxy) is 1. The molecule has 0 aromatic rings. The van der Waals surface area contributed by atoms with Gasteiger partial charge in [-0.15, -0.1) is 0 Å². The van der Waals surface area contributed by atoms with E-state index >= 15 is 0 Å². The Balaban J connectivity index is 0.000000309. The molecule has 259 valence electrons. The van der Waals surface area contributed by atoms with Crippen molar-refractivity contribution in [3.8, 4) is 0 Å². The smallest absolute Gasteiger partial charge is 0.336 e. The molecule has 8 nitrogen and oxygen atoms in total. The van der Waals surface area contributed by atoms with Crippen LogP contribution < -0.4 is 0 Å². The van der Waals surface area contributed by atoms with Gasteiger partial charge in [-0.25, -0.2) is 9.90 Å². The van der Waals surface area contributed by atoms with Crippen LogP contribution in [0.4, 0.5) is 0 Å². The fourth-order valence-electron chi connectivity index (χ4n) is 13.0. The van der Waals surface area contributed by atoms with Gasteiger partial charge in [0.25, 0.3) is 0 Å². The summed E-state index contributed by atoms with van der Waals surface area (Å²) in [5, 5.41) is 59.8. The number of carboxylic acids is 1. The molecule has 1 radical (unpaired) electrons. The predicted molar refractivity (Wildman–Crippen MR) is 171 cm³/mol. The van der Waals surface area contributed by atoms with Crippen molar-refractivity contribution in [2.45, 2.75) is 150 Å². The Morgan fingerprint density at radius 3 is 2.11 bits per heavy atom. The number of aliphatic hydroxyl groups excluding tert-OH is 3. The van der Waals surface area contributed by atoms with Gasteiger partial charge in [-0.1, -0.05) is 55.4 Å². The first kappa shape index (κ1) is 35.5. The topological polar surface area (TPSA) is 147 Å². The van der Waals surface area contributed by atoms with Crippen LogP contribution in [-0.4, -0.2) is 74.7 Å². The summed E-state index contributed by atoms with van der Waals surface area (Å²) >= 11 is 0. The van der Waals surface area contributed by atoms with E-state index in [2.05, 4.69) is 55.4 Å². The van der Waals surface area contributed by atoms with Gasteiger partial charge in [-0.2, -0.15) is 0 Å². The molecule has 6 rings (SSSR count). The van der Waals surface area contributed by atoms with Gasteiger partial charge in [0.1, 0.15) is 24.4 Å². The average molecular weight is 636 g/mol. The number of hydrogen-bond acceptors (Lipinski definition) is 6. The van der Waals surface area contributed by atoms with Gasteiger partial charge in [-0.05, 0) is 121 Å². The summed E-state index contributed by atoms with van der Waals surface area (Å²) in [6.07, 6.45) is 6.28. The summed E-state index contributed by atoms with van der Waals surface area (Å²) in [5.41, 5.74) is -1.34. The number of fused-ring (bicyclic) bond motifs is 7. The minimum absolute atomic E-state index is 0.0773. The number of carboxylic acid groups (broad SMARTS) is 1. The molecule has 0 spiro atoms. The molecule has 0 amide bonds. The average Bonchev–Trinajstić information content (AvgIpc) is 2.97. The lowest BCUT2D eigenvalue weighted by molar-refractivity contribution is -0.290. The lowest BCUT2D eigenvalue weighted by atomic mass is 9.30. The van der Waals surface area contributed by atoms with Crippen molar-refractivity contribution in [1.82, 2.24) is 0 Å². The van der Waals surface area contributed by atoms with Crippen molar-refractivity contribution >= 4 is 5.97 Å². The molecule has 0 aromatic heterocycles. The second-order valence-corrected chi connectivity index (χ2v) is 18.2. The van der Waals surface area contributed by atoms with Crippen molar-refractivity contribution in [1.29, 1.82) is 0 Å². The molecule has 5 aliphatic carbocycles. The van der Waals surface area contributed by atoms with Crippen molar-refractivity contribution < 1.29 is 40.2 Å². The molecule has 5 N–H and O–H groups in total. The van der Waals surface area contributed by atoms with Crippen molar-refractivity contribution in [2.24, 2.45) is 62.6 Å². The Hall–Kier alpha value is -0.770. The monoisotopic (exact) mass is 635 g/mol. The molecule has 1 unspecified atom stereocenters. The van der Waals surface area contributed by atoms with Crippen LogP contribution in [0.15, 0.2) is 0 Å². The van der Waals surface area contributed by atoms with E-state index in [0.29, 0.717) is 11.8 Å². The third kappa shape index (κ3) is 5.00. The molecule has 6 fully saturated rings. The Labute approximate surface area is 271 Å². The van der Waals surface area contributed by atoms with E-state index in [1.54, 1.807) is 0 Å². The highest BCUT2D eigenvalue weighted by Crippen LogP contribution is 2.78. The van der Waals surface area contributed by atoms with Gasteiger partial charge in [-0.3, -0.25) is 0 Å². The van der Waals surface area contributed by atoms with Gasteiger partial charge in [0.05, 0.1) is 13.2 Å². The zero-order valence-corrected chi connectivity index (χ0v) is 29.2. The molecule has 0 bridgehead atoms. The molecular weight excluding hydrogens is 572 g/mol. The number of hydrogen-bond donors (Lipinski definition) is 5. The SMILES string of the molecule is C[C@@H]1[C@H]2[C@H]3CC[C@@H]4[C@]5(C)[C@@H](CC[C@@]4(C)[C@]3(C)CC[C@@]2(C)CC[C@H]1C)C(C)(C)CCC5(O)C(=O)O.[O][C@H]1[C@H](O)[C@@H](CO)OC[C@@H]1O. The van der Waals surface area contributed by atoms with Crippen LogP contribution in [-0.2, 0) is 14.6 Å². The highest BCUT2D eigenvalue weighted by Gasteiger charge is 2.74. The van der Waals surface area contributed by atoms with Crippen LogP contribution in [0.5, 0.6) is 0 Å². The Bertz CT molecular complexity index is 1110. The third-order valence-corrected chi connectivity index (χ3v) is 16.2. The predicted octanol–water partition coefficient (Wildman–Crippen LogP) is 5.46. The van der Waals surface area contributed by atoms with E-state index in [-0.39, 0.29) is 34.7 Å². The lowest BCUT2D eigenvalue weighted by Crippen LogP contribution is -2.73. The lowest BCUT2D eigenvalue weighted by Gasteiger charge is -2.75. The maximum atomic E-state index is 12.7. The second-order valence-electron chi connectivity index (χ2n) is 18.2. The summed E-state index contributed by atoms with van der Waals surface area (Å²) < 4.78 is 4.77. The quantitative estimate of drug-likeness (QED) is 0.271. The summed E-state index contributed by atoms with van der Waals surface area (Å²) in [5.74, 6) is 2.62. The first-order valence-corrected chi connectivity index (χ1v) is 18.0. The van der Waals surface area contributed by atoms with E-state index in [1.165, 1.54) is 38.5 Å². The molecular formula is C37H63O8. The first-order chi connectivity index (χ1) is 20.7. The molecule has 1 heterocycles. The molecule has 45 heavy (non-hydrogen) atoms. The van der Waals surface area contributed by atoms with Crippen molar-refractivity contribution in [3.05, 3.63) is 0 Å². The standard InChI is InChI=1S/C31H52O3.C6H11O5/c1-19-11-13-27(5)16-17-28(6)21(24(27)20(19)2)9-10-23-29(28,7)14-12-22-26(3,4)15-18-31(34,25(32)33)30(22,23)8;7-1-4-6(10)5(9)3(8)2-11-4/h19-24,34H,9-18H2,1-8H3,(H,32,33);3-8,10H,1-2H2/t19-,20+,21-,22+,23+,24+,27-,28-,29-,30+,31?;3-,4+,5+,6+/m10/s1. The van der Waals surface area contributed by atoms with Crippen LogP contribution in [0.1, 0.15) is 120 Å². The van der Waals surface area contributed by atoms with Gasteiger partial charge < -0.3 is 30.3 Å². The Morgan fingerprint density at radius 1 is 0.822 bits per heavy atom. The van der Waals surface area contributed by atoms with E-state index < -0.39 is 48.0 Å². The van der Waals surface area contributed by atoms with Gasteiger partial charge >= 0.3 is 5.97 Å². The summed E-state index contributed by atoms with van der Waals surface area (Å²) in [7, 11) is 0. The largest absolute Gasteiger partial charge is 0.479 e. The molecule has 15 atom stereocenters. The molecule has 8 heteroatoms. The maximum Gasteiger partial charge on any atom is 0.336 e. The first-order valence-electron chi connectivity index (χ1n) is 18.0. The summed E-state index contributed by atoms with van der Waals surface area (Å²) in [6.45, 7) is 19.1. The fourth-order valence-corrected chi connectivity index (χ4v) is 13.0. The highest BCUT2D eigenvalue weighted by atomic mass is 16.5. The Kier molecular flexibility index (Phi) is 9.23. The van der Waals surface area contributed by atoms with Crippen LogP contribution in [0.3, 0.4) is 0 Å². The van der Waals surface area contributed by atoms with E-state index in [4.69, 9.17) is 20.1 Å². The highest BCUT2D eigenvalue weighted by molar-refractivity contribution is 5.79. The van der Waals surface area contributed by atoms with Crippen LogP contribution >= 0.6 is 0 Å². The minimum atomic E-state index is -1.61. The molecule has 5 saturated carbocycles. The molecule has 1 saturated heterocycles. The van der Waals surface area contributed by atoms with Gasteiger partial charge in [0.15, 0.2) is 5.60 Å². The zero-order valence-electron chi connectivity index (χ0n) is 29.2. The fraction of sp³-hybridized carbons (Fsp3) is 0.973. The second kappa shape index (κ2) is 11.7. The zero-order chi connectivity index (χ0) is 33.5. The number of carbonyl (C=O) groups is 1. The van der Waals surface area contributed by atoms with Crippen LogP contribution in [0.2, 0.25) is 0 Å². The summed E-state index contributed by atoms with van der Waals surface area (Å²) in [6, 6.07) is 0. The van der Waals surface area contributed by atoms with Crippen molar-refractivity contribution in [2.75, 3.05) is 13.2 Å². The minimum Gasteiger partial charge on any atom is -0.479 e. The molecule has 0 aromatic carbocycles. The number of aliphatic carboxylic acids is 1. The normalized spacial score (nSPS) is 55.5. The number of rotatable bonds is 2. The summed E-state index contributed by atoms with van der Waals surface area (Å²) in [4.78, 5) is 12.7. The van der Waals surface area contributed by atoms with Crippen LogP contribution in [0, 0.1) is 62.6 Å². The number of aliphatic hydroxyl groups is 4. The van der Waals surface area contributed by atoms with Gasteiger partial charge in [0.2, 0.25) is 0 Å².